The summed E-state index contributed by atoms with van der Waals surface area (Å²) in [5.74, 6) is 2.97. The fourth-order valence-corrected chi connectivity index (χ4v) is 5.00. The minimum absolute atomic E-state index is 0.255. The zero-order chi connectivity index (χ0) is 20.3. The summed E-state index contributed by atoms with van der Waals surface area (Å²) in [7, 11) is 2.10. The van der Waals surface area contributed by atoms with Crippen molar-refractivity contribution < 1.29 is 9.13 Å². The van der Waals surface area contributed by atoms with E-state index in [1.807, 2.05) is 42.1 Å². The van der Waals surface area contributed by atoms with Crippen molar-refractivity contribution >= 4 is 17.6 Å². The third kappa shape index (κ3) is 4.03. The number of halogens is 1. The first kappa shape index (κ1) is 19.9. The van der Waals surface area contributed by atoms with Gasteiger partial charge in [-0.05, 0) is 53.8 Å². The summed E-state index contributed by atoms with van der Waals surface area (Å²) < 4.78 is 19.9. The van der Waals surface area contributed by atoms with E-state index in [2.05, 4.69) is 23.0 Å². The van der Waals surface area contributed by atoms with Crippen LogP contribution < -0.4 is 0 Å². The van der Waals surface area contributed by atoms with Crippen LogP contribution in [-0.2, 0) is 16.9 Å². The molecule has 150 valence electrons. The maximum atomic E-state index is 13.6. The number of aliphatic imine (C=N–C) groups is 1. The number of thioether (sulfide) groups is 1. The summed E-state index contributed by atoms with van der Waals surface area (Å²) in [6.07, 6.45) is 1.69. The van der Waals surface area contributed by atoms with E-state index in [-0.39, 0.29) is 5.82 Å². The van der Waals surface area contributed by atoms with Gasteiger partial charge in [-0.2, -0.15) is 17.0 Å². The Morgan fingerprint density at radius 2 is 2.10 bits per heavy atom. The molecule has 0 aromatic heterocycles. The summed E-state index contributed by atoms with van der Waals surface area (Å²) in [6.45, 7) is 2.24. The number of benzene rings is 2. The van der Waals surface area contributed by atoms with Crippen molar-refractivity contribution in [2.24, 2.45) is 4.99 Å². The molecule has 0 N–H and O–H groups in total. The maximum absolute atomic E-state index is 13.6. The zero-order valence-corrected chi connectivity index (χ0v) is 17.3. The van der Waals surface area contributed by atoms with E-state index < -0.39 is 5.60 Å². The molecule has 0 radical (unpaired) electrons. The van der Waals surface area contributed by atoms with Crippen molar-refractivity contribution in [2.75, 3.05) is 31.6 Å². The second-order valence-electron chi connectivity index (χ2n) is 7.48. The average molecular weight is 410 g/mol. The van der Waals surface area contributed by atoms with Gasteiger partial charge in [-0.3, -0.25) is 4.99 Å². The van der Waals surface area contributed by atoms with Crippen molar-refractivity contribution in [3.63, 3.8) is 0 Å². The fraction of sp³-hybridized carbons (Fsp3) is 0.391. The molecule has 2 heterocycles. The fourth-order valence-electron chi connectivity index (χ4n) is 4.14. The lowest BCUT2D eigenvalue weighted by Gasteiger charge is -2.32. The maximum Gasteiger partial charge on any atom is 0.123 e. The van der Waals surface area contributed by atoms with Crippen LogP contribution in [0.15, 0.2) is 47.5 Å². The van der Waals surface area contributed by atoms with Crippen LogP contribution >= 0.6 is 11.8 Å². The van der Waals surface area contributed by atoms with Crippen LogP contribution in [0.25, 0.3) is 0 Å². The van der Waals surface area contributed by atoms with E-state index in [1.54, 1.807) is 0 Å². The predicted molar refractivity (Wildman–Crippen MR) is 115 cm³/mol. The Morgan fingerprint density at radius 3 is 2.83 bits per heavy atom. The van der Waals surface area contributed by atoms with E-state index in [1.165, 1.54) is 12.1 Å². The molecule has 0 spiro atoms. The molecular weight excluding hydrogens is 385 g/mol. The lowest BCUT2D eigenvalue weighted by Crippen LogP contribution is -2.34. The highest BCUT2D eigenvalue weighted by molar-refractivity contribution is 8.00. The number of fused-ring (bicyclic) bond motifs is 1. The summed E-state index contributed by atoms with van der Waals surface area (Å²) in [5.41, 5.74) is 3.09. The van der Waals surface area contributed by atoms with Gasteiger partial charge >= 0.3 is 0 Å². The molecule has 6 heteroatoms. The minimum Gasteiger partial charge on any atom is -0.363 e. The van der Waals surface area contributed by atoms with Crippen LogP contribution in [-0.4, -0.2) is 42.4 Å². The Hall–Kier alpha value is -2.36. The third-order valence-corrected chi connectivity index (χ3v) is 6.61. The van der Waals surface area contributed by atoms with Gasteiger partial charge in [-0.15, -0.1) is 0 Å². The molecule has 1 unspecified atom stereocenters. The summed E-state index contributed by atoms with van der Waals surface area (Å²) in [6, 6.07) is 14.5. The lowest BCUT2D eigenvalue weighted by molar-refractivity contribution is -0.0136. The third-order valence-electron chi connectivity index (χ3n) is 5.68. The molecule has 2 aliphatic heterocycles. The Kier molecular flexibility index (Phi) is 5.89. The largest absolute Gasteiger partial charge is 0.363 e. The number of ether oxygens (including phenoxy) is 1. The van der Waals surface area contributed by atoms with Crippen molar-refractivity contribution in [1.29, 1.82) is 5.26 Å². The standard InChI is InChI=1S/C23H24FN3OS/c1-27(22-16-29-12-10-26-22)11-2-9-23(19-4-6-20(24)7-5-19)21-8-3-17(14-25)13-18(21)15-28-23/h3-8,13H,2,9-12,15-16H2,1H3. The number of nitriles is 1. The number of hydrogen-bond acceptors (Lipinski definition) is 5. The monoisotopic (exact) mass is 409 g/mol. The van der Waals surface area contributed by atoms with Gasteiger partial charge in [0.15, 0.2) is 0 Å². The van der Waals surface area contributed by atoms with E-state index in [9.17, 15) is 9.65 Å². The Labute approximate surface area is 175 Å². The number of nitrogens with zero attached hydrogens (tertiary/aromatic N) is 3. The van der Waals surface area contributed by atoms with Gasteiger partial charge in [0, 0.05) is 19.3 Å². The van der Waals surface area contributed by atoms with E-state index in [4.69, 9.17) is 4.74 Å². The molecule has 2 aromatic carbocycles. The molecule has 0 amide bonds. The van der Waals surface area contributed by atoms with Crippen LogP contribution in [0.4, 0.5) is 4.39 Å². The van der Waals surface area contributed by atoms with Crippen molar-refractivity contribution in [1.82, 2.24) is 4.90 Å². The summed E-state index contributed by atoms with van der Waals surface area (Å²) in [5, 5.41) is 9.22. The quantitative estimate of drug-likeness (QED) is 0.738. The molecule has 0 saturated heterocycles. The molecule has 2 aliphatic rings. The smallest absolute Gasteiger partial charge is 0.123 e. The highest BCUT2D eigenvalue weighted by Gasteiger charge is 2.41. The van der Waals surface area contributed by atoms with Gasteiger partial charge in [0.05, 0.1) is 30.5 Å². The predicted octanol–water partition coefficient (Wildman–Crippen LogP) is 4.33. The minimum atomic E-state index is -0.610. The second-order valence-corrected chi connectivity index (χ2v) is 8.59. The van der Waals surface area contributed by atoms with Crippen LogP contribution in [0.2, 0.25) is 0 Å². The number of hydrogen-bond donors (Lipinski definition) is 0. The average Bonchev–Trinajstić information content (AvgIpc) is 3.13. The SMILES string of the molecule is CN(CCCC1(c2ccc(F)cc2)OCc2cc(C#N)ccc21)C1=NCCSC1. The van der Waals surface area contributed by atoms with Gasteiger partial charge < -0.3 is 9.64 Å². The molecule has 0 bridgehead atoms. The van der Waals surface area contributed by atoms with E-state index in [0.717, 1.165) is 60.0 Å². The van der Waals surface area contributed by atoms with Gasteiger partial charge in [0.1, 0.15) is 17.3 Å². The number of rotatable bonds is 5. The number of amidine groups is 1. The van der Waals surface area contributed by atoms with Gasteiger partial charge in [0.2, 0.25) is 0 Å². The van der Waals surface area contributed by atoms with Crippen LogP contribution in [0.3, 0.4) is 0 Å². The summed E-state index contributed by atoms with van der Waals surface area (Å²) in [4.78, 5) is 6.87. The van der Waals surface area contributed by atoms with Crippen LogP contribution in [0.5, 0.6) is 0 Å². The molecule has 2 aromatic rings. The molecular formula is C23H24FN3OS. The first-order valence-corrected chi connectivity index (χ1v) is 11.0. The van der Waals surface area contributed by atoms with Crippen molar-refractivity contribution in [3.8, 4) is 6.07 Å². The van der Waals surface area contributed by atoms with Crippen molar-refractivity contribution in [3.05, 3.63) is 70.5 Å². The molecule has 4 nitrogen and oxygen atoms in total. The molecule has 1 atom stereocenters. The van der Waals surface area contributed by atoms with Gasteiger partial charge in [0.25, 0.3) is 0 Å². The van der Waals surface area contributed by atoms with Crippen molar-refractivity contribution in [2.45, 2.75) is 25.0 Å². The Balaban J connectivity index is 1.59. The van der Waals surface area contributed by atoms with Crippen LogP contribution in [0.1, 0.15) is 35.1 Å². The first-order valence-electron chi connectivity index (χ1n) is 9.88. The summed E-state index contributed by atoms with van der Waals surface area (Å²) >= 11 is 1.92. The molecule has 0 saturated carbocycles. The molecule has 4 rings (SSSR count). The normalized spacial score (nSPS) is 20.7. The van der Waals surface area contributed by atoms with Gasteiger partial charge in [-0.1, -0.05) is 18.2 Å². The Bertz CT molecular complexity index is 954. The molecule has 0 aliphatic carbocycles. The van der Waals surface area contributed by atoms with Gasteiger partial charge in [-0.25, -0.2) is 4.39 Å². The van der Waals surface area contributed by atoms with E-state index in [0.29, 0.717) is 12.2 Å². The second kappa shape index (κ2) is 8.56. The molecule has 0 fully saturated rings. The van der Waals surface area contributed by atoms with Crippen LogP contribution in [0, 0.1) is 17.1 Å². The highest BCUT2D eigenvalue weighted by atomic mass is 32.2. The Morgan fingerprint density at radius 1 is 1.28 bits per heavy atom. The highest BCUT2D eigenvalue weighted by Crippen LogP contribution is 2.45. The van der Waals surface area contributed by atoms with E-state index >= 15 is 0 Å². The first-order chi connectivity index (χ1) is 14.1. The zero-order valence-electron chi connectivity index (χ0n) is 16.5. The lowest BCUT2D eigenvalue weighted by atomic mass is 9.81. The molecule has 29 heavy (non-hydrogen) atoms. The topological polar surface area (TPSA) is 48.6 Å².